The Morgan fingerprint density at radius 2 is 1.50 bits per heavy atom. The van der Waals surface area contributed by atoms with Crippen molar-refractivity contribution in [1.82, 2.24) is 14.8 Å². The number of hydrogen-bond acceptors (Lipinski definition) is 5. The zero-order valence-electron chi connectivity index (χ0n) is 23.4. The van der Waals surface area contributed by atoms with E-state index in [1.165, 1.54) is 16.8 Å². The molecule has 2 saturated heterocycles. The number of nitrogens with zero attached hydrogens (tertiary/aromatic N) is 5. The Balaban J connectivity index is 1.18. The summed E-state index contributed by atoms with van der Waals surface area (Å²) in [4.78, 5) is 27.7. The molecule has 2 aliphatic rings. The number of carbonyl (C=O) groups excluding carboxylic acids is 1. The second-order valence-corrected chi connectivity index (χ2v) is 11.1. The molecule has 6 nitrogen and oxygen atoms in total. The maximum atomic E-state index is 13.6. The molecule has 1 amide bonds. The van der Waals surface area contributed by atoms with Gasteiger partial charge in [0.1, 0.15) is 5.82 Å². The molecule has 0 radical (unpaired) electrons. The number of rotatable bonds is 6. The van der Waals surface area contributed by atoms with Gasteiger partial charge in [0.05, 0.1) is 0 Å². The van der Waals surface area contributed by atoms with Gasteiger partial charge in [0.25, 0.3) is 5.91 Å². The highest BCUT2D eigenvalue weighted by molar-refractivity contribution is 5.96. The molecule has 3 aromatic rings. The number of hydrogen-bond donors (Lipinski definition) is 0. The van der Waals surface area contributed by atoms with E-state index in [4.69, 9.17) is 4.98 Å². The third-order valence-corrected chi connectivity index (χ3v) is 8.01. The predicted octanol–water partition coefficient (Wildman–Crippen LogP) is 5.11. The van der Waals surface area contributed by atoms with Crippen LogP contribution in [0, 0.1) is 13.8 Å². The van der Waals surface area contributed by atoms with Gasteiger partial charge >= 0.3 is 0 Å². The lowest BCUT2D eigenvalue weighted by molar-refractivity contribution is 0.0745. The van der Waals surface area contributed by atoms with Crippen molar-refractivity contribution < 1.29 is 4.79 Å². The molecule has 6 heteroatoms. The molecule has 0 saturated carbocycles. The molecule has 2 fully saturated rings. The van der Waals surface area contributed by atoms with E-state index in [0.717, 1.165) is 81.5 Å². The Kier molecular flexibility index (Phi) is 7.98. The van der Waals surface area contributed by atoms with Crippen LogP contribution in [0.3, 0.4) is 0 Å². The Morgan fingerprint density at radius 1 is 0.789 bits per heavy atom. The summed E-state index contributed by atoms with van der Waals surface area (Å²) >= 11 is 0. The van der Waals surface area contributed by atoms with Crippen LogP contribution in [0.4, 0.5) is 11.5 Å². The van der Waals surface area contributed by atoms with Crippen LogP contribution in [-0.4, -0.2) is 73.0 Å². The maximum absolute atomic E-state index is 13.6. The fourth-order valence-electron chi connectivity index (χ4n) is 5.57. The van der Waals surface area contributed by atoms with Gasteiger partial charge in [-0.2, -0.15) is 0 Å². The monoisotopic (exact) mass is 511 g/mol. The van der Waals surface area contributed by atoms with Crippen LogP contribution in [0.25, 0.3) is 0 Å². The number of aromatic nitrogens is 1. The molecule has 3 heterocycles. The third kappa shape index (κ3) is 5.86. The molecule has 0 spiro atoms. The number of pyridine rings is 1. The quantitative estimate of drug-likeness (QED) is 0.460. The van der Waals surface area contributed by atoms with Gasteiger partial charge in [-0.3, -0.25) is 9.69 Å². The molecule has 5 rings (SSSR count). The maximum Gasteiger partial charge on any atom is 0.254 e. The number of piperazine rings is 2. The molecule has 1 aromatic heterocycles. The normalized spacial score (nSPS) is 16.8. The van der Waals surface area contributed by atoms with Crippen LogP contribution in [0.15, 0.2) is 60.7 Å². The van der Waals surface area contributed by atoms with Gasteiger partial charge in [-0.1, -0.05) is 50.2 Å². The van der Waals surface area contributed by atoms with Gasteiger partial charge in [-0.15, -0.1) is 0 Å². The van der Waals surface area contributed by atoms with Crippen LogP contribution in [0.1, 0.15) is 52.5 Å². The molecule has 0 bridgehead atoms. The largest absolute Gasteiger partial charge is 0.369 e. The van der Waals surface area contributed by atoms with Gasteiger partial charge in [-0.25, -0.2) is 4.98 Å². The van der Waals surface area contributed by atoms with Crippen molar-refractivity contribution in [3.63, 3.8) is 0 Å². The number of benzene rings is 2. The predicted molar refractivity (Wildman–Crippen MR) is 156 cm³/mol. The van der Waals surface area contributed by atoms with Crippen LogP contribution in [-0.2, 0) is 6.54 Å². The molecule has 0 unspecified atom stereocenters. The molecular formula is C32H41N5O. The molecule has 0 aliphatic carbocycles. The van der Waals surface area contributed by atoms with Gasteiger partial charge in [0.15, 0.2) is 0 Å². The summed E-state index contributed by atoms with van der Waals surface area (Å²) in [7, 11) is 0. The van der Waals surface area contributed by atoms with Crippen molar-refractivity contribution in [3.05, 3.63) is 88.6 Å². The van der Waals surface area contributed by atoms with Crippen LogP contribution in [0.5, 0.6) is 0 Å². The van der Waals surface area contributed by atoms with E-state index < -0.39 is 0 Å². The number of amides is 1. The highest BCUT2D eigenvalue weighted by atomic mass is 16.2. The van der Waals surface area contributed by atoms with Crippen molar-refractivity contribution >= 4 is 17.4 Å². The van der Waals surface area contributed by atoms with E-state index in [1.807, 2.05) is 4.90 Å². The minimum atomic E-state index is 0.150. The average Bonchev–Trinajstić information content (AvgIpc) is 2.95. The van der Waals surface area contributed by atoms with Gasteiger partial charge in [0, 0.05) is 75.8 Å². The Hall–Kier alpha value is -3.38. The van der Waals surface area contributed by atoms with E-state index >= 15 is 0 Å². The summed E-state index contributed by atoms with van der Waals surface area (Å²) in [6.45, 7) is 16.6. The molecule has 2 aliphatic heterocycles. The minimum Gasteiger partial charge on any atom is -0.369 e. The standard InChI is InChI=1S/C32H41N5O/c1-24(2)29-9-7-11-31(33-29)36-18-20-37(21-19-36)32(38)28-22-27(13-12-25(28)3)23-34-14-16-35(17-15-34)30-10-6-5-8-26(30)4/h5-13,22,24H,14-21,23H2,1-4H3. The molecule has 0 N–H and O–H groups in total. The SMILES string of the molecule is Cc1ccc(CN2CCN(c3ccccc3C)CC2)cc1C(=O)N1CCN(c2cccc(C(C)C)n2)CC1. The van der Waals surface area contributed by atoms with Crippen molar-refractivity contribution in [2.24, 2.45) is 0 Å². The number of para-hydroxylation sites is 1. The van der Waals surface area contributed by atoms with Crippen molar-refractivity contribution in [2.45, 2.75) is 40.2 Å². The highest BCUT2D eigenvalue weighted by Crippen LogP contribution is 2.23. The zero-order chi connectivity index (χ0) is 26.6. The minimum absolute atomic E-state index is 0.150. The van der Waals surface area contributed by atoms with E-state index in [-0.39, 0.29) is 5.91 Å². The van der Waals surface area contributed by atoms with E-state index in [2.05, 4.69) is 103 Å². The fraction of sp³-hybridized carbons (Fsp3) is 0.438. The molecule has 200 valence electrons. The molecular weight excluding hydrogens is 470 g/mol. The lowest BCUT2D eigenvalue weighted by atomic mass is 10.0. The Bertz CT molecular complexity index is 1260. The van der Waals surface area contributed by atoms with E-state index in [1.54, 1.807) is 0 Å². The zero-order valence-corrected chi connectivity index (χ0v) is 23.4. The fourth-order valence-corrected chi connectivity index (χ4v) is 5.57. The first-order valence-electron chi connectivity index (χ1n) is 14.0. The highest BCUT2D eigenvalue weighted by Gasteiger charge is 2.25. The molecule has 38 heavy (non-hydrogen) atoms. The van der Waals surface area contributed by atoms with Crippen LogP contribution < -0.4 is 9.80 Å². The molecule has 2 aromatic carbocycles. The number of carbonyl (C=O) groups is 1. The summed E-state index contributed by atoms with van der Waals surface area (Å²) in [6, 6.07) is 21.3. The van der Waals surface area contributed by atoms with Crippen molar-refractivity contribution in [1.29, 1.82) is 0 Å². The Morgan fingerprint density at radius 3 is 2.21 bits per heavy atom. The average molecular weight is 512 g/mol. The van der Waals surface area contributed by atoms with Gasteiger partial charge < -0.3 is 14.7 Å². The van der Waals surface area contributed by atoms with Crippen LogP contribution >= 0.6 is 0 Å². The second kappa shape index (κ2) is 11.6. The lowest BCUT2D eigenvalue weighted by Crippen LogP contribution is -2.49. The summed E-state index contributed by atoms with van der Waals surface area (Å²) in [5.41, 5.74) is 6.91. The first kappa shape index (κ1) is 26.2. The number of anilines is 2. The van der Waals surface area contributed by atoms with Gasteiger partial charge in [0.2, 0.25) is 0 Å². The van der Waals surface area contributed by atoms with Gasteiger partial charge in [-0.05, 0) is 60.7 Å². The van der Waals surface area contributed by atoms with Crippen molar-refractivity contribution in [3.8, 4) is 0 Å². The summed E-state index contributed by atoms with van der Waals surface area (Å²) in [6.07, 6.45) is 0. The Labute approximate surface area is 227 Å². The summed E-state index contributed by atoms with van der Waals surface area (Å²) in [5, 5.41) is 0. The van der Waals surface area contributed by atoms with Crippen molar-refractivity contribution in [2.75, 3.05) is 62.2 Å². The topological polar surface area (TPSA) is 42.9 Å². The van der Waals surface area contributed by atoms with E-state index in [0.29, 0.717) is 5.92 Å². The smallest absolute Gasteiger partial charge is 0.254 e. The summed E-state index contributed by atoms with van der Waals surface area (Å²) < 4.78 is 0. The summed E-state index contributed by atoms with van der Waals surface area (Å²) in [5.74, 6) is 1.58. The number of aryl methyl sites for hydroxylation is 2. The van der Waals surface area contributed by atoms with E-state index in [9.17, 15) is 4.79 Å². The second-order valence-electron chi connectivity index (χ2n) is 11.1. The third-order valence-electron chi connectivity index (χ3n) is 8.01. The van der Waals surface area contributed by atoms with Crippen LogP contribution in [0.2, 0.25) is 0 Å². The first-order valence-corrected chi connectivity index (χ1v) is 14.0. The molecule has 0 atom stereocenters. The first-order chi connectivity index (χ1) is 18.4. The lowest BCUT2D eigenvalue weighted by Gasteiger charge is -2.37.